The van der Waals surface area contributed by atoms with E-state index < -0.39 is 0 Å². The first-order valence-electron chi connectivity index (χ1n) is 4.71. The van der Waals surface area contributed by atoms with Gasteiger partial charge in [-0.1, -0.05) is 26.0 Å². The normalized spacial score (nSPS) is 10.0. The van der Waals surface area contributed by atoms with Crippen LogP contribution < -0.4 is 0 Å². The molecule has 1 aromatic carbocycles. The van der Waals surface area contributed by atoms with Gasteiger partial charge >= 0.3 is 0 Å². The molecule has 0 aliphatic heterocycles. The molecular formula is C12H15N. The molecule has 1 nitrogen and oxygen atoms in total. The second kappa shape index (κ2) is 4.67. The molecule has 68 valence electrons. The van der Waals surface area contributed by atoms with Crippen molar-refractivity contribution in [1.29, 1.82) is 5.26 Å². The molecule has 0 amide bonds. The Kier molecular flexibility index (Phi) is 3.52. The molecule has 0 saturated heterocycles. The topological polar surface area (TPSA) is 23.8 Å². The minimum Gasteiger partial charge on any atom is -0.192 e. The number of rotatable bonds is 3. The molecule has 0 unspecified atom stereocenters. The fraction of sp³-hybridized carbons (Fsp3) is 0.417. The summed E-state index contributed by atoms with van der Waals surface area (Å²) >= 11 is 0. The molecule has 0 aromatic heterocycles. The molecular weight excluding hydrogens is 158 g/mol. The molecule has 0 aliphatic rings. The Balaban J connectivity index is 2.63. The van der Waals surface area contributed by atoms with Gasteiger partial charge in [-0.05, 0) is 36.5 Å². The molecule has 0 fully saturated rings. The van der Waals surface area contributed by atoms with Crippen molar-refractivity contribution >= 4 is 0 Å². The van der Waals surface area contributed by atoms with Crippen LogP contribution in [-0.2, 0) is 6.42 Å². The van der Waals surface area contributed by atoms with Crippen LogP contribution in [0.5, 0.6) is 0 Å². The molecule has 0 saturated carbocycles. The van der Waals surface area contributed by atoms with Crippen molar-refractivity contribution < 1.29 is 0 Å². The quantitative estimate of drug-likeness (QED) is 0.688. The van der Waals surface area contributed by atoms with E-state index in [4.69, 9.17) is 5.26 Å². The maximum Gasteiger partial charge on any atom is 0.0991 e. The maximum atomic E-state index is 8.69. The Hall–Kier alpha value is -1.29. The molecule has 1 rings (SSSR count). The average Bonchev–Trinajstić information content (AvgIpc) is 2.15. The molecule has 0 N–H and O–H groups in total. The number of aryl methyl sites for hydroxylation is 1. The summed E-state index contributed by atoms with van der Waals surface area (Å²) in [4.78, 5) is 0. The second-order valence-electron chi connectivity index (χ2n) is 3.74. The Morgan fingerprint density at radius 3 is 2.77 bits per heavy atom. The van der Waals surface area contributed by atoms with Gasteiger partial charge in [0.2, 0.25) is 0 Å². The van der Waals surface area contributed by atoms with E-state index in [-0.39, 0.29) is 0 Å². The van der Waals surface area contributed by atoms with Crippen LogP contribution in [-0.4, -0.2) is 0 Å². The number of nitriles is 1. The molecule has 0 radical (unpaired) electrons. The Morgan fingerprint density at radius 2 is 2.15 bits per heavy atom. The fourth-order valence-electron chi connectivity index (χ4n) is 1.25. The monoisotopic (exact) mass is 173 g/mol. The SMILES string of the molecule is CC(C)CCc1cccc(C#N)c1. The summed E-state index contributed by atoms with van der Waals surface area (Å²) in [5.74, 6) is 0.728. The van der Waals surface area contributed by atoms with Crippen molar-refractivity contribution in [3.8, 4) is 6.07 Å². The zero-order valence-electron chi connectivity index (χ0n) is 8.25. The minimum atomic E-state index is 0.728. The first-order chi connectivity index (χ1) is 6.22. The van der Waals surface area contributed by atoms with Crippen LogP contribution in [0.3, 0.4) is 0 Å². The molecule has 0 bridgehead atoms. The van der Waals surface area contributed by atoms with E-state index >= 15 is 0 Å². The standard InChI is InChI=1S/C12H15N/c1-10(2)6-7-11-4-3-5-12(8-11)9-13/h3-5,8,10H,6-7H2,1-2H3. The summed E-state index contributed by atoms with van der Waals surface area (Å²) in [6.07, 6.45) is 2.27. The van der Waals surface area contributed by atoms with Crippen LogP contribution in [0.2, 0.25) is 0 Å². The lowest BCUT2D eigenvalue weighted by Crippen LogP contribution is -1.92. The predicted molar refractivity (Wildman–Crippen MR) is 54.3 cm³/mol. The highest BCUT2D eigenvalue weighted by molar-refractivity contribution is 5.32. The van der Waals surface area contributed by atoms with Gasteiger partial charge in [-0.25, -0.2) is 0 Å². The zero-order chi connectivity index (χ0) is 9.68. The van der Waals surface area contributed by atoms with Crippen molar-refractivity contribution in [3.63, 3.8) is 0 Å². The van der Waals surface area contributed by atoms with Crippen molar-refractivity contribution in [2.24, 2.45) is 5.92 Å². The van der Waals surface area contributed by atoms with E-state index in [1.54, 1.807) is 0 Å². The second-order valence-corrected chi connectivity index (χ2v) is 3.74. The highest BCUT2D eigenvalue weighted by Crippen LogP contribution is 2.10. The van der Waals surface area contributed by atoms with Crippen LogP contribution in [0.4, 0.5) is 0 Å². The largest absolute Gasteiger partial charge is 0.192 e. The van der Waals surface area contributed by atoms with Crippen LogP contribution in [0.15, 0.2) is 24.3 Å². The molecule has 0 aliphatic carbocycles. The smallest absolute Gasteiger partial charge is 0.0991 e. The third-order valence-corrected chi connectivity index (χ3v) is 2.07. The highest BCUT2D eigenvalue weighted by atomic mass is 14.2. The third-order valence-electron chi connectivity index (χ3n) is 2.07. The van der Waals surface area contributed by atoms with Crippen molar-refractivity contribution in [3.05, 3.63) is 35.4 Å². The summed E-state index contributed by atoms with van der Waals surface area (Å²) in [5.41, 5.74) is 2.04. The van der Waals surface area contributed by atoms with Crippen molar-refractivity contribution in [2.75, 3.05) is 0 Å². The van der Waals surface area contributed by atoms with Gasteiger partial charge in [0.1, 0.15) is 0 Å². The predicted octanol–water partition coefficient (Wildman–Crippen LogP) is 3.15. The van der Waals surface area contributed by atoms with Gasteiger partial charge in [0.15, 0.2) is 0 Å². The summed E-state index contributed by atoms with van der Waals surface area (Å²) < 4.78 is 0. The van der Waals surface area contributed by atoms with E-state index in [0.29, 0.717) is 0 Å². The lowest BCUT2D eigenvalue weighted by atomic mass is 10.0. The Labute approximate surface area is 80.0 Å². The van der Waals surface area contributed by atoms with Gasteiger partial charge in [-0.3, -0.25) is 0 Å². The van der Waals surface area contributed by atoms with Gasteiger partial charge in [0, 0.05) is 0 Å². The first kappa shape index (κ1) is 9.80. The lowest BCUT2D eigenvalue weighted by molar-refractivity contribution is 0.586. The molecule has 0 heterocycles. The molecule has 1 aromatic rings. The summed E-state index contributed by atoms with van der Waals surface area (Å²) in [7, 11) is 0. The zero-order valence-corrected chi connectivity index (χ0v) is 8.25. The molecule has 0 atom stereocenters. The number of benzene rings is 1. The van der Waals surface area contributed by atoms with Crippen LogP contribution in [0.25, 0.3) is 0 Å². The third kappa shape index (κ3) is 3.29. The summed E-state index contributed by atoms with van der Waals surface area (Å²) in [6.45, 7) is 4.43. The Morgan fingerprint density at radius 1 is 1.38 bits per heavy atom. The van der Waals surface area contributed by atoms with Gasteiger partial charge < -0.3 is 0 Å². The molecule has 1 heteroatoms. The van der Waals surface area contributed by atoms with E-state index in [9.17, 15) is 0 Å². The van der Waals surface area contributed by atoms with Gasteiger partial charge in [-0.2, -0.15) is 5.26 Å². The van der Waals surface area contributed by atoms with E-state index in [2.05, 4.69) is 26.0 Å². The van der Waals surface area contributed by atoms with Crippen molar-refractivity contribution in [1.82, 2.24) is 0 Å². The number of hydrogen-bond acceptors (Lipinski definition) is 1. The van der Waals surface area contributed by atoms with E-state index in [1.807, 2.05) is 18.2 Å². The van der Waals surface area contributed by atoms with E-state index in [0.717, 1.165) is 17.9 Å². The fourth-order valence-corrected chi connectivity index (χ4v) is 1.25. The number of nitrogens with zero attached hydrogens (tertiary/aromatic N) is 1. The maximum absolute atomic E-state index is 8.69. The Bertz CT molecular complexity index is 307. The minimum absolute atomic E-state index is 0.728. The van der Waals surface area contributed by atoms with Crippen molar-refractivity contribution in [2.45, 2.75) is 26.7 Å². The first-order valence-corrected chi connectivity index (χ1v) is 4.71. The summed E-state index contributed by atoms with van der Waals surface area (Å²) in [5, 5.41) is 8.69. The van der Waals surface area contributed by atoms with Crippen LogP contribution >= 0.6 is 0 Å². The molecule has 0 spiro atoms. The lowest BCUT2D eigenvalue weighted by Gasteiger charge is -2.04. The van der Waals surface area contributed by atoms with Crippen LogP contribution in [0.1, 0.15) is 31.4 Å². The van der Waals surface area contributed by atoms with Gasteiger partial charge in [-0.15, -0.1) is 0 Å². The summed E-state index contributed by atoms with van der Waals surface area (Å²) in [6, 6.07) is 10.0. The van der Waals surface area contributed by atoms with Crippen LogP contribution in [0, 0.1) is 17.2 Å². The average molecular weight is 173 g/mol. The molecule has 13 heavy (non-hydrogen) atoms. The van der Waals surface area contributed by atoms with Gasteiger partial charge in [0.05, 0.1) is 11.6 Å². The van der Waals surface area contributed by atoms with E-state index in [1.165, 1.54) is 12.0 Å². The highest BCUT2D eigenvalue weighted by Gasteiger charge is 1.97. The van der Waals surface area contributed by atoms with Gasteiger partial charge in [0.25, 0.3) is 0 Å². The number of hydrogen-bond donors (Lipinski definition) is 0.